The van der Waals surface area contributed by atoms with Gasteiger partial charge in [0, 0.05) is 23.3 Å². The minimum Gasteiger partial charge on any atom is -0.388 e. The van der Waals surface area contributed by atoms with E-state index in [2.05, 4.69) is 0 Å². The van der Waals surface area contributed by atoms with Crippen LogP contribution in [0.3, 0.4) is 0 Å². The predicted molar refractivity (Wildman–Crippen MR) is 72.1 cm³/mol. The predicted octanol–water partition coefficient (Wildman–Crippen LogP) is 2.22. The van der Waals surface area contributed by atoms with Crippen molar-refractivity contribution in [1.29, 1.82) is 0 Å². The van der Waals surface area contributed by atoms with E-state index >= 15 is 0 Å². The Morgan fingerprint density at radius 1 is 1.44 bits per heavy atom. The second kappa shape index (κ2) is 4.35. The number of carbonyl (C=O) groups excluding carboxylic acids is 1. The van der Waals surface area contributed by atoms with Crippen LogP contribution in [0.15, 0.2) is 5.38 Å². The SMILES string of the molecule is CC1(O)CCN(C(=O)c2csc3c2CCCC3)C1. The third-order valence-electron chi connectivity index (χ3n) is 4.03. The highest BCUT2D eigenvalue weighted by molar-refractivity contribution is 7.10. The minimum absolute atomic E-state index is 0.118. The Bertz CT molecular complexity index is 478. The van der Waals surface area contributed by atoms with E-state index < -0.39 is 5.60 Å². The monoisotopic (exact) mass is 265 g/mol. The van der Waals surface area contributed by atoms with Gasteiger partial charge in [-0.1, -0.05) is 0 Å². The lowest BCUT2D eigenvalue weighted by Gasteiger charge is -2.20. The molecule has 1 aromatic rings. The molecular weight excluding hydrogens is 246 g/mol. The molecule has 0 spiro atoms. The van der Waals surface area contributed by atoms with Gasteiger partial charge >= 0.3 is 0 Å². The normalized spacial score (nSPS) is 27.3. The Balaban J connectivity index is 1.83. The largest absolute Gasteiger partial charge is 0.388 e. The van der Waals surface area contributed by atoms with Crippen molar-refractivity contribution >= 4 is 17.2 Å². The summed E-state index contributed by atoms with van der Waals surface area (Å²) in [6, 6.07) is 0. The van der Waals surface area contributed by atoms with Gasteiger partial charge in [0.2, 0.25) is 0 Å². The topological polar surface area (TPSA) is 40.5 Å². The number of nitrogens with zero attached hydrogens (tertiary/aromatic N) is 1. The lowest BCUT2D eigenvalue weighted by molar-refractivity contribution is 0.0572. The lowest BCUT2D eigenvalue weighted by Crippen LogP contribution is -2.34. The zero-order chi connectivity index (χ0) is 12.8. The Morgan fingerprint density at radius 2 is 2.22 bits per heavy atom. The molecule has 1 aliphatic heterocycles. The molecule has 1 aliphatic carbocycles. The van der Waals surface area contributed by atoms with Crippen LogP contribution in [0, 0.1) is 0 Å². The standard InChI is InChI=1S/C14H19NO2S/c1-14(17)6-7-15(9-14)13(16)11-8-18-12-5-3-2-4-10(11)12/h8,17H,2-7,9H2,1H3. The molecule has 1 N–H and O–H groups in total. The molecule has 18 heavy (non-hydrogen) atoms. The second-order valence-corrected chi connectivity index (χ2v) is 6.70. The summed E-state index contributed by atoms with van der Waals surface area (Å²) < 4.78 is 0. The molecule has 1 amide bonds. The average molecular weight is 265 g/mol. The Hall–Kier alpha value is -0.870. The Morgan fingerprint density at radius 3 is 2.94 bits per heavy atom. The van der Waals surface area contributed by atoms with Crippen molar-refractivity contribution in [2.45, 2.75) is 44.6 Å². The Labute approximate surface area is 111 Å². The van der Waals surface area contributed by atoms with Crippen molar-refractivity contribution in [3.63, 3.8) is 0 Å². The van der Waals surface area contributed by atoms with E-state index in [1.807, 2.05) is 12.3 Å². The molecule has 0 aromatic carbocycles. The number of carbonyl (C=O) groups is 1. The fourth-order valence-electron chi connectivity index (χ4n) is 2.96. The van der Waals surface area contributed by atoms with E-state index in [1.165, 1.54) is 23.3 Å². The quantitative estimate of drug-likeness (QED) is 0.846. The van der Waals surface area contributed by atoms with Crippen molar-refractivity contribution in [2.24, 2.45) is 0 Å². The summed E-state index contributed by atoms with van der Waals surface area (Å²) in [5.74, 6) is 0.118. The van der Waals surface area contributed by atoms with Crippen LogP contribution < -0.4 is 0 Å². The average Bonchev–Trinajstić information content (AvgIpc) is 2.91. The van der Waals surface area contributed by atoms with Gasteiger partial charge in [0.25, 0.3) is 5.91 Å². The van der Waals surface area contributed by atoms with Gasteiger partial charge in [-0.2, -0.15) is 0 Å². The molecule has 1 fully saturated rings. The number of aliphatic hydroxyl groups is 1. The van der Waals surface area contributed by atoms with E-state index in [1.54, 1.807) is 16.2 Å². The van der Waals surface area contributed by atoms with Gasteiger partial charge in [0.15, 0.2) is 0 Å². The number of amides is 1. The van der Waals surface area contributed by atoms with Crippen LogP contribution in [-0.2, 0) is 12.8 Å². The molecule has 3 rings (SSSR count). The van der Waals surface area contributed by atoms with Gasteiger partial charge in [-0.25, -0.2) is 0 Å². The van der Waals surface area contributed by atoms with Crippen LogP contribution in [0.5, 0.6) is 0 Å². The fraction of sp³-hybridized carbons (Fsp3) is 0.643. The highest BCUT2D eigenvalue weighted by Gasteiger charge is 2.35. The number of fused-ring (bicyclic) bond motifs is 1. The van der Waals surface area contributed by atoms with Gasteiger partial charge in [0.1, 0.15) is 0 Å². The number of likely N-dealkylation sites (tertiary alicyclic amines) is 1. The maximum atomic E-state index is 12.5. The number of hydrogen-bond donors (Lipinski definition) is 1. The highest BCUT2D eigenvalue weighted by Crippen LogP contribution is 2.32. The molecule has 2 aliphatic rings. The van der Waals surface area contributed by atoms with E-state index in [-0.39, 0.29) is 5.91 Å². The van der Waals surface area contributed by atoms with Crippen LogP contribution in [0.4, 0.5) is 0 Å². The van der Waals surface area contributed by atoms with Crippen molar-refractivity contribution in [2.75, 3.05) is 13.1 Å². The third kappa shape index (κ3) is 2.08. The van der Waals surface area contributed by atoms with E-state index in [4.69, 9.17) is 0 Å². The van der Waals surface area contributed by atoms with Crippen LogP contribution in [0.2, 0.25) is 0 Å². The van der Waals surface area contributed by atoms with Gasteiger partial charge in [-0.15, -0.1) is 11.3 Å². The van der Waals surface area contributed by atoms with Gasteiger partial charge in [-0.3, -0.25) is 4.79 Å². The minimum atomic E-state index is -0.703. The smallest absolute Gasteiger partial charge is 0.255 e. The molecule has 0 bridgehead atoms. The van der Waals surface area contributed by atoms with E-state index in [0.29, 0.717) is 19.5 Å². The molecular formula is C14H19NO2S. The first kappa shape index (κ1) is 12.2. The Kier molecular flexibility index (Phi) is 2.94. The first-order valence-electron chi connectivity index (χ1n) is 6.68. The number of β-amino-alcohol motifs (C(OH)–C–C–N with tert-alkyl or cyclic N) is 1. The molecule has 4 heteroatoms. The van der Waals surface area contributed by atoms with Gasteiger partial charge in [-0.05, 0) is 44.6 Å². The number of hydrogen-bond acceptors (Lipinski definition) is 3. The van der Waals surface area contributed by atoms with E-state index in [9.17, 15) is 9.90 Å². The molecule has 1 atom stereocenters. The molecule has 0 saturated carbocycles. The van der Waals surface area contributed by atoms with Crippen LogP contribution >= 0.6 is 11.3 Å². The van der Waals surface area contributed by atoms with Crippen LogP contribution in [-0.4, -0.2) is 34.6 Å². The molecule has 1 unspecified atom stereocenters. The third-order valence-corrected chi connectivity index (χ3v) is 5.12. The zero-order valence-electron chi connectivity index (χ0n) is 10.7. The lowest BCUT2D eigenvalue weighted by atomic mass is 9.95. The molecule has 98 valence electrons. The summed E-state index contributed by atoms with van der Waals surface area (Å²) in [4.78, 5) is 15.7. The molecule has 1 saturated heterocycles. The summed E-state index contributed by atoms with van der Waals surface area (Å²) in [5, 5.41) is 12.0. The molecule has 2 heterocycles. The molecule has 3 nitrogen and oxygen atoms in total. The van der Waals surface area contributed by atoms with E-state index in [0.717, 1.165) is 18.4 Å². The van der Waals surface area contributed by atoms with Crippen LogP contribution in [0.1, 0.15) is 47.0 Å². The zero-order valence-corrected chi connectivity index (χ0v) is 11.6. The first-order chi connectivity index (χ1) is 8.57. The van der Waals surface area contributed by atoms with Crippen molar-refractivity contribution < 1.29 is 9.90 Å². The summed E-state index contributed by atoms with van der Waals surface area (Å²) in [7, 11) is 0. The number of thiophene rings is 1. The summed E-state index contributed by atoms with van der Waals surface area (Å²) in [6.07, 6.45) is 5.31. The maximum Gasteiger partial charge on any atom is 0.255 e. The second-order valence-electron chi connectivity index (χ2n) is 5.73. The summed E-state index contributed by atoms with van der Waals surface area (Å²) >= 11 is 1.73. The first-order valence-corrected chi connectivity index (χ1v) is 7.56. The van der Waals surface area contributed by atoms with Crippen LogP contribution in [0.25, 0.3) is 0 Å². The number of rotatable bonds is 1. The molecule has 1 aromatic heterocycles. The number of aryl methyl sites for hydroxylation is 1. The molecule has 0 radical (unpaired) electrons. The highest BCUT2D eigenvalue weighted by atomic mass is 32.1. The van der Waals surface area contributed by atoms with Crippen molar-refractivity contribution in [1.82, 2.24) is 4.90 Å². The van der Waals surface area contributed by atoms with Crippen molar-refractivity contribution in [3.8, 4) is 0 Å². The van der Waals surface area contributed by atoms with Gasteiger partial charge < -0.3 is 10.0 Å². The maximum absolute atomic E-state index is 12.5. The summed E-state index contributed by atoms with van der Waals surface area (Å²) in [5.41, 5.74) is 1.47. The fourth-order valence-corrected chi connectivity index (χ4v) is 4.08. The van der Waals surface area contributed by atoms with Gasteiger partial charge in [0.05, 0.1) is 11.2 Å². The van der Waals surface area contributed by atoms with Crippen molar-refractivity contribution in [3.05, 3.63) is 21.4 Å². The summed E-state index contributed by atoms with van der Waals surface area (Å²) in [6.45, 7) is 2.95.